The Morgan fingerprint density at radius 3 is 2.33 bits per heavy atom. The Balaban J connectivity index is 1.35. The second-order valence-corrected chi connectivity index (χ2v) is 7.15. The van der Waals surface area contributed by atoms with Crippen LogP contribution in [0.5, 0.6) is 0 Å². The maximum Gasteiger partial charge on any atom is 0.242 e. The van der Waals surface area contributed by atoms with Gasteiger partial charge in [-0.15, -0.1) is 0 Å². The normalized spacial score (nSPS) is 14.2. The van der Waals surface area contributed by atoms with Crippen molar-refractivity contribution in [3.8, 4) is 0 Å². The summed E-state index contributed by atoms with van der Waals surface area (Å²) in [5.41, 5.74) is 1.31. The first kappa shape index (κ1) is 21.4. The van der Waals surface area contributed by atoms with Gasteiger partial charge in [0.2, 0.25) is 17.7 Å². The van der Waals surface area contributed by atoms with Crippen molar-refractivity contribution >= 4 is 23.4 Å². The average molecular weight is 412 g/mol. The van der Waals surface area contributed by atoms with E-state index in [1.807, 2.05) is 35.2 Å². The Morgan fingerprint density at radius 1 is 0.900 bits per heavy atom. The Bertz CT molecular complexity index is 883. The summed E-state index contributed by atoms with van der Waals surface area (Å²) in [7, 11) is 0. The number of nitrogens with one attached hydrogen (secondary N) is 2. The minimum atomic E-state index is -0.407. The number of carbonyl (C=O) groups excluding carboxylic acids is 3. The predicted octanol–water partition coefficient (Wildman–Crippen LogP) is 1.27. The van der Waals surface area contributed by atoms with Crippen LogP contribution < -0.4 is 10.6 Å². The van der Waals surface area contributed by atoms with Crippen LogP contribution in [0.3, 0.4) is 0 Å². The van der Waals surface area contributed by atoms with Crippen LogP contribution in [0, 0.1) is 5.82 Å². The van der Waals surface area contributed by atoms with E-state index in [1.165, 1.54) is 18.2 Å². The molecule has 2 N–H and O–H groups in total. The zero-order chi connectivity index (χ0) is 21.3. The lowest BCUT2D eigenvalue weighted by atomic mass is 10.1. The monoisotopic (exact) mass is 412 g/mol. The van der Waals surface area contributed by atoms with Gasteiger partial charge in [0.25, 0.3) is 0 Å². The van der Waals surface area contributed by atoms with Crippen molar-refractivity contribution in [3.05, 3.63) is 66.0 Å². The number of rotatable bonds is 7. The lowest BCUT2D eigenvalue weighted by Crippen LogP contribution is -2.52. The SMILES string of the molecule is O=C(Cc1ccccc1)NCC(=O)N1CCN(CC(=O)Nc2cccc(F)c2)CC1. The fraction of sp³-hybridized carbons (Fsp3) is 0.318. The molecular weight excluding hydrogens is 387 g/mol. The standard InChI is InChI=1S/C22H25FN4O3/c23-18-7-4-8-19(14-18)25-21(29)16-26-9-11-27(12-10-26)22(30)15-24-20(28)13-17-5-2-1-3-6-17/h1-8,14H,9-13,15-16H2,(H,24,28)(H,25,29). The Morgan fingerprint density at radius 2 is 1.63 bits per heavy atom. The molecule has 1 saturated heterocycles. The van der Waals surface area contributed by atoms with Crippen LogP contribution in [0.15, 0.2) is 54.6 Å². The molecule has 3 amide bonds. The molecule has 0 aromatic heterocycles. The molecule has 0 radical (unpaired) electrons. The van der Waals surface area contributed by atoms with Crippen molar-refractivity contribution in [2.24, 2.45) is 0 Å². The third kappa shape index (κ3) is 6.66. The molecule has 1 heterocycles. The lowest BCUT2D eigenvalue weighted by molar-refractivity contribution is -0.134. The highest BCUT2D eigenvalue weighted by molar-refractivity contribution is 5.92. The number of hydrogen-bond donors (Lipinski definition) is 2. The van der Waals surface area contributed by atoms with Crippen LogP contribution in [0.25, 0.3) is 0 Å². The first-order chi connectivity index (χ1) is 14.5. The van der Waals surface area contributed by atoms with Crippen molar-refractivity contribution in [1.29, 1.82) is 0 Å². The average Bonchev–Trinajstić information content (AvgIpc) is 2.73. The van der Waals surface area contributed by atoms with Crippen LogP contribution in [0.2, 0.25) is 0 Å². The number of nitrogens with zero attached hydrogens (tertiary/aromatic N) is 2. The molecule has 158 valence electrons. The molecule has 30 heavy (non-hydrogen) atoms. The van der Waals surface area contributed by atoms with Gasteiger partial charge in [-0.1, -0.05) is 36.4 Å². The fourth-order valence-corrected chi connectivity index (χ4v) is 3.25. The highest BCUT2D eigenvalue weighted by Crippen LogP contribution is 2.09. The quantitative estimate of drug-likeness (QED) is 0.718. The first-order valence-electron chi connectivity index (χ1n) is 9.86. The van der Waals surface area contributed by atoms with Gasteiger partial charge in [0.1, 0.15) is 5.82 Å². The van der Waals surface area contributed by atoms with E-state index in [0.29, 0.717) is 31.9 Å². The second-order valence-electron chi connectivity index (χ2n) is 7.15. The summed E-state index contributed by atoms with van der Waals surface area (Å²) in [6, 6.07) is 15.1. The smallest absolute Gasteiger partial charge is 0.242 e. The summed E-state index contributed by atoms with van der Waals surface area (Å²) in [5, 5.41) is 5.33. The molecule has 1 aliphatic rings. The van der Waals surface area contributed by atoms with Crippen LogP contribution in [-0.2, 0) is 20.8 Å². The Kier molecular flexibility index (Phi) is 7.51. The molecule has 2 aromatic carbocycles. The fourth-order valence-electron chi connectivity index (χ4n) is 3.25. The summed E-state index contributed by atoms with van der Waals surface area (Å²) in [4.78, 5) is 40.1. The molecule has 3 rings (SSSR count). The molecule has 0 unspecified atom stereocenters. The van der Waals surface area contributed by atoms with Gasteiger partial charge in [0, 0.05) is 31.9 Å². The van der Waals surface area contributed by atoms with Crippen molar-refractivity contribution < 1.29 is 18.8 Å². The summed E-state index contributed by atoms with van der Waals surface area (Å²) < 4.78 is 13.2. The van der Waals surface area contributed by atoms with E-state index in [0.717, 1.165) is 5.56 Å². The molecule has 8 heteroatoms. The number of carbonyl (C=O) groups is 3. The Hall–Kier alpha value is -3.26. The largest absolute Gasteiger partial charge is 0.347 e. The number of piperazine rings is 1. The zero-order valence-corrected chi connectivity index (χ0v) is 16.6. The zero-order valence-electron chi connectivity index (χ0n) is 16.6. The van der Waals surface area contributed by atoms with Crippen molar-refractivity contribution in [1.82, 2.24) is 15.1 Å². The van der Waals surface area contributed by atoms with E-state index in [4.69, 9.17) is 0 Å². The molecule has 0 bridgehead atoms. The molecule has 1 aliphatic heterocycles. The van der Waals surface area contributed by atoms with Gasteiger partial charge in [0.15, 0.2) is 0 Å². The minimum Gasteiger partial charge on any atom is -0.347 e. The summed E-state index contributed by atoms with van der Waals surface area (Å²) in [6.45, 7) is 2.22. The van der Waals surface area contributed by atoms with Crippen molar-refractivity contribution in [3.63, 3.8) is 0 Å². The predicted molar refractivity (Wildman–Crippen MR) is 111 cm³/mol. The number of hydrogen-bond acceptors (Lipinski definition) is 4. The number of amides is 3. The molecular formula is C22H25FN4O3. The summed E-state index contributed by atoms with van der Waals surface area (Å²) in [6.07, 6.45) is 0.238. The van der Waals surface area contributed by atoms with Crippen LogP contribution >= 0.6 is 0 Å². The highest BCUT2D eigenvalue weighted by atomic mass is 19.1. The van der Waals surface area contributed by atoms with Gasteiger partial charge in [-0.3, -0.25) is 19.3 Å². The summed E-state index contributed by atoms with van der Waals surface area (Å²) in [5.74, 6) is -0.966. The number of anilines is 1. The van der Waals surface area contributed by atoms with Crippen molar-refractivity contribution in [2.75, 3.05) is 44.6 Å². The Labute approximate surface area is 174 Å². The van der Waals surface area contributed by atoms with Gasteiger partial charge in [0.05, 0.1) is 19.5 Å². The highest BCUT2D eigenvalue weighted by Gasteiger charge is 2.22. The molecule has 2 aromatic rings. The van der Waals surface area contributed by atoms with Gasteiger partial charge >= 0.3 is 0 Å². The van der Waals surface area contributed by atoms with E-state index in [9.17, 15) is 18.8 Å². The third-order valence-electron chi connectivity index (χ3n) is 4.84. The van der Waals surface area contributed by atoms with Crippen molar-refractivity contribution in [2.45, 2.75) is 6.42 Å². The molecule has 0 saturated carbocycles. The summed E-state index contributed by atoms with van der Waals surface area (Å²) >= 11 is 0. The van der Waals surface area contributed by atoms with Gasteiger partial charge in [-0.2, -0.15) is 0 Å². The number of benzene rings is 2. The second kappa shape index (κ2) is 10.5. The van der Waals surface area contributed by atoms with E-state index in [1.54, 1.807) is 11.0 Å². The van der Waals surface area contributed by atoms with E-state index in [2.05, 4.69) is 10.6 Å². The maximum atomic E-state index is 13.2. The minimum absolute atomic E-state index is 0.0360. The van der Waals surface area contributed by atoms with Gasteiger partial charge in [-0.05, 0) is 23.8 Å². The maximum absolute atomic E-state index is 13.2. The topological polar surface area (TPSA) is 81.8 Å². The van der Waals surface area contributed by atoms with Gasteiger partial charge in [-0.25, -0.2) is 4.39 Å². The van der Waals surface area contributed by atoms with Gasteiger partial charge < -0.3 is 15.5 Å². The van der Waals surface area contributed by atoms with E-state index >= 15 is 0 Å². The lowest BCUT2D eigenvalue weighted by Gasteiger charge is -2.34. The first-order valence-corrected chi connectivity index (χ1v) is 9.86. The van der Waals surface area contributed by atoms with E-state index in [-0.39, 0.29) is 37.2 Å². The molecule has 0 spiro atoms. The molecule has 0 atom stereocenters. The van der Waals surface area contributed by atoms with Crippen LogP contribution in [0.1, 0.15) is 5.56 Å². The third-order valence-corrected chi connectivity index (χ3v) is 4.84. The number of halogens is 1. The molecule has 1 fully saturated rings. The van der Waals surface area contributed by atoms with E-state index < -0.39 is 5.82 Å². The van der Waals surface area contributed by atoms with Crippen LogP contribution in [-0.4, -0.2) is 66.8 Å². The molecule has 0 aliphatic carbocycles. The molecule has 7 nitrogen and oxygen atoms in total. The van der Waals surface area contributed by atoms with Crippen LogP contribution in [0.4, 0.5) is 10.1 Å².